The largest absolute Gasteiger partial charge is 0.393 e. The SMILES string of the molecule is OC(CCC1CO1)CCC1CO1. The summed E-state index contributed by atoms with van der Waals surface area (Å²) in [6.07, 6.45) is 4.58. The molecule has 70 valence electrons. The third kappa shape index (κ3) is 3.09. The van der Waals surface area contributed by atoms with Crippen LogP contribution in [0.25, 0.3) is 0 Å². The van der Waals surface area contributed by atoms with E-state index in [1.807, 2.05) is 0 Å². The molecule has 0 aromatic heterocycles. The van der Waals surface area contributed by atoms with Gasteiger partial charge >= 0.3 is 0 Å². The average Bonchev–Trinajstić information content (AvgIpc) is 2.89. The lowest BCUT2D eigenvalue weighted by Crippen LogP contribution is -2.08. The summed E-state index contributed by atoms with van der Waals surface area (Å²) >= 11 is 0. The molecule has 2 heterocycles. The first-order chi connectivity index (χ1) is 5.84. The summed E-state index contributed by atoms with van der Waals surface area (Å²) in [6.45, 7) is 1.80. The van der Waals surface area contributed by atoms with E-state index in [0.29, 0.717) is 12.2 Å². The Labute approximate surface area is 72.7 Å². The van der Waals surface area contributed by atoms with Gasteiger partial charge in [0.05, 0.1) is 31.5 Å². The topological polar surface area (TPSA) is 45.3 Å². The molecule has 2 aliphatic rings. The van der Waals surface area contributed by atoms with Crippen LogP contribution in [0.15, 0.2) is 0 Å². The Kier molecular flexibility index (Phi) is 2.63. The molecule has 2 unspecified atom stereocenters. The van der Waals surface area contributed by atoms with Gasteiger partial charge < -0.3 is 14.6 Å². The molecule has 12 heavy (non-hydrogen) atoms. The minimum absolute atomic E-state index is 0.140. The van der Waals surface area contributed by atoms with Crippen LogP contribution in [0.5, 0.6) is 0 Å². The van der Waals surface area contributed by atoms with Crippen molar-refractivity contribution in [2.24, 2.45) is 0 Å². The van der Waals surface area contributed by atoms with E-state index in [9.17, 15) is 5.11 Å². The van der Waals surface area contributed by atoms with E-state index in [2.05, 4.69) is 0 Å². The van der Waals surface area contributed by atoms with Gasteiger partial charge in [-0.05, 0) is 25.7 Å². The number of aliphatic hydroxyl groups excluding tert-OH is 1. The summed E-state index contributed by atoms with van der Waals surface area (Å²) in [5.41, 5.74) is 0. The molecule has 2 saturated heterocycles. The van der Waals surface area contributed by atoms with E-state index in [-0.39, 0.29) is 6.10 Å². The molecular weight excluding hydrogens is 156 g/mol. The zero-order valence-corrected chi connectivity index (χ0v) is 7.24. The minimum Gasteiger partial charge on any atom is -0.393 e. The second-order valence-electron chi connectivity index (χ2n) is 3.72. The number of ether oxygens (including phenoxy) is 2. The van der Waals surface area contributed by atoms with Crippen LogP contribution in [0.2, 0.25) is 0 Å². The molecule has 0 aliphatic carbocycles. The van der Waals surface area contributed by atoms with Crippen LogP contribution in [-0.2, 0) is 9.47 Å². The van der Waals surface area contributed by atoms with Crippen LogP contribution in [0.1, 0.15) is 25.7 Å². The maximum absolute atomic E-state index is 9.49. The molecule has 2 aliphatic heterocycles. The Morgan fingerprint density at radius 2 is 1.50 bits per heavy atom. The van der Waals surface area contributed by atoms with Gasteiger partial charge in [0.15, 0.2) is 0 Å². The first-order valence-corrected chi connectivity index (χ1v) is 4.76. The molecule has 0 radical (unpaired) electrons. The second-order valence-corrected chi connectivity index (χ2v) is 3.72. The van der Waals surface area contributed by atoms with E-state index in [1.165, 1.54) is 0 Å². The number of aliphatic hydroxyl groups is 1. The fourth-order valence-corrected chi connectivity index (χ4v) is 1.37. The summed E-state index contributed by atoms with van der Waals surface area (Å²) in [4.78, 5) is 0. The Morgan fingerprint density at radius 1 is 1.08 bits per heavy atom. The first kappa shape index (κ1) is 8.48. The van der Waals surface area contributed by atoms with Crippen molar-refractivity contribution in [1.29, 1.82) is 0 Å². The van der Waals surface area contributed by atoms with Crippen molar-refractivity contribution < 1.29 is 14.6 Å². The van der Waals surface area contributed by atoms with E-state index >= 15 is 0 Å². The normalized spacial score (nSPS) is 34.8. The zero-order chi connectivity index (χ0) is 8.39. The molecule has 2 rings (SSSR count). The fraction of sp³-hybridized carbons (Fsp3) is 1.00. The lowest BCUT2D eigenvalue weighted by molar-refractivity contribution is 0.142. The molecule has 0 saturated carbocycles. The van der Waals surface area contributed by atoms with Gasteiger partial charge in [-0.15, -0.1) is 0 Å². The maximum Gasteiger partial charge on any atom is 0.0810 e. The molecule has 0 bridgehead atoms. The summed E-state index contributed by atoms with van der Waals surface area (Å²) in [6, 6.07) is 0. The predicted octanol–water partition coefficient (Wildman–Crippen LogP) is 0.705. The van der Waals surface area contributed by atoms with Crippen molar-refractivity contribution in [3.8, 4) is 0 Å². The van der Waals surface area contributed by atoms with Crippen molar-refractivity contribution >= 4 is 0 Å². The van der Waals surface area contributed by atoms with Gasteiger partial charge in [-0.25, -0.2) is 0 Å². The van der Waals surface area contributed by atoms with Crippen molar-refractivity contribution in [3.05, 3.63) is 0 Å². The Morgan fingerprint density at radius 3 is 1.83 bits per heavy atom. The van der Waals surface area contributed by atoms with Gasteiger partial charge in [0.2, 0.25) is 0 Å². The van der Waals surface area contributed by atoms with Crippen molar-refractivity contribution in [2.75, 3.05) is 13.2 Å². The highest BCUT2D eigenvalue weighted by atomic mass is 16.6. The zero-order valence-electron chi connectivity index (χ0n) is 7.24. The monoisotopic (exact) mass is 172 g/mol. The number of rotatable bonds is 6. The maximum atomic E-state index is 9.49. The molecule has 0 aromatic rings. The van der Waals surface area contributed by atoms with E-state index in [1.54, 1.807) is 0 Å². The second kappa shape index (κ2) is 3.73. The molecule has 0 aromatic carbocycles. The molecule has 1 N–H and O–H groups in total. The van der Waals surface area contributed by atoms with E-state index in [4.69, 9.17) is 9.47 Å². The number of hydrogen-bond acceptors (Lipinski definition) is 3. The van der Waals surface area contributed by atoms with Gasteiger partial charge in [0.1, 0.15) is 0 Å². The van der Waals surface area contributed by atoms with Gasteiger partial charge in [-0.2, -0.15) is 0 Å². The van der Waals surface area contributed by atoms with Gasteiger partial charge in [-0.3, -0.25) is 0 Å². The highest BCUT2D eigenvalue weighted by Crippen LogP contribution is 2.21. The smallest absolute Gasteiger partial charge is 0.0810 e. The predicted molar refractivity (Wildman–Crippen MR) is 44.0 cm³/mol. The summed E-state index contributed by atoms with van der Waals surface area (Å²) in [5.74, 6) is 0. The van der Waals surface area contributed by atoms with Crippen LogP contribution < -0.4 is 0 Å². The fourth-order valence-electron chi connectivity index (χ4n) is 1.37. The summed E-state index contributed by atoms with van der Waals surface area (Å²) in [7, 11) is 0. The van der Waals surface area contributed by atoms with Gasteiger partial charge in [0, 0.05) is 0 Å². The van der Waals surface area contributed by atoms with Crippen LogP contribution in [0.4, 0.5) is 0 Å². The minimum atomic E-state index is -0.140. The Bertz CT molecular complexity index is 125. The lowest BCUT2D eigenvalue weighted by Gasteiger charge is -2.07. The molecule has 2 atom stereocenters. The number of hydrogen-bond donors (Lipinski definition) is 1. The standard InChI is InChI=1S/C9H16O3/c10-7(1-3-8-5-11-8)2-4-9-6-12-9/h7-10H,1-6H2. The average molecular weight is 172 g/mol. The van der Waals surface area contributed by atoms with Gasteiger partial charge in [0.25, 0.3) is 0 Å². The molecule has 3 nitrogen and oxygen atoms in total. The van der Waals surface area contributed by atoms with Crippen molar-refractivity contribution in [3.63, 3.8) is 0 Å². The Hall–Kier alpha value is -0.120. The first-order valence-electron chi connectivity index (χ1n) is 4.76. The lowest BCUT2D eigenvalue weighted by atomic mass is 10.1. The van der Waals surface area contributed by atoms with Crippen LogP contribution in [0, 0.1) is 0 Å². The highest BCUT2D eigenvalue weighted by Gasteiger charge is 2.25. The van der Waals surface area contributed by atoms with Crippen molar-refractivity contribution in [1.82, 2.24) is 0 Å². The third-order valence-corrected chi connectivity index (χ3v) is 2.45. The summed E-state index contributed by atoms with van der Waals surface area (Å²) in [5, 5.41) is 9.49. The molecular formula is C9H16O3. The Balaban J connectivity index is 1.47. The molecule has 2 fully saturated rings. The third-order valence-electron chi connectivity index (χ3n) is 2.45. The van der Waals surface area contributed by atoms with Crippen LogP contribution in [0.3, 0.4) is 0 Å². The summed E-state index contributed by atoms with van der Waals surface area (Å²) < 4.78 is 10.1. The van der Waals surface area contributed by atoms with Crippen molar-refractivity contribution in [2.45, 2.75) is 44.0 Å². The quantitative estimate of drug-likeness (QED) is 0.600. The number of epoxide rings is 2. The van der Waals surface area contributed by atoms with Crippen LogP contribution in [-0.4, -0.2) is 36.6 Å². The highest BCUT2D eigenvalue weighted by molar-refractivity contribution is 4.74. The van der Waals surface area contributed by atoms with E-state index in [0.717, 1.165) is 38.9 Å². The van der Waals surface area contributed by atoms with E-state index < -0.39 is 0 Å². The molecule has 0 amide bonds. The van der Waals surface area contributed by atoms with Crippen LogP contribution >= 0.6 is 0 Å². The van der Waals surface area contributed by atoms with Gasteiger partial charge in [-0.1, -0.05) is 0 Å². The molecule has 3 heteroatoms. The molecule has 0 spiro atoms.